The molecule has 1 fully saturated rings. The van der Waals surface area contributed by atoms with E-state index in [2.05, 4.69) is 5.32 Å². The first kappa shape index (κ1) is 33.6. The summed E-state index contributed by atoms with van der Waals surface area (Å²) in [7, 11) is -4.20. The molecule has 1 aliphatic rings. The molecule has 0 aromatic heterocycles. The highest BCUT2D eigenvalue weighted by Gasteiger charge is 2.35. The Morgan fingerprint density at radius 3 is 2.23 bits per heavy atom. The fourth-order valence-corrected chi connectivity index (χ4v) is 7.24. The van der Waals surface area contributed by atoms with E-state index in [9.17, 15) is 18.0 Å². The van der Waals surface area contributed by atoms with Gasteiger partial charge in [-0.25, -0.2) is 8.42 Å². The number of aryl methyl sites for hydroxylation is 1. The molecule has 0 unspecified atom stereocenters. The summed E-state index contributed by atoms with van der Waals surface area (Å²) in [5, 5.41) is 3.89. The first-order valence-corrected chi connectivity index (χ1v) is 17.1. The van der Waals surface area contributed by atoms with Gasteiger partial charge in [0.05, 0.1) is 17.2 Å². The minimum atomic E-state index is -4.20. The van der Waals surface area contributed by atoms with Crippen LogP contribution in [0.5, 0.6) is 5.75 Å². The molecule has 0 spiro atoms. The third kappa shape index (κ3) is 8.25. The van der Waals surface area contributed by atoms with Crippen LogP contribution in [0.2, 0.25) is 10.0 Å². The van der Waals surface area contributed by atoms with Gasteiger partial charge in [-0.3, -0.25) is 13.9 Å². The van der Waals surface area contributed by atoms with Crippen LogP contribution < -0.4 is 14.4 Å². The summed E-state index contributed by atoms with van der Waals surface area (Å²) >= 11 is 12.6. The van der Waals surface area contributed by atoms with E-state index in [0.29, 0.717) is 40.1 Å². The van der Waals surface area contributed by atoms with Crippen LogP contribution in [0.15, 0.2) is 71.6 Å². The van der Waals surface area contributed by atoms with Gasteiger partial charge in [0.25, 0.3) is 10.0 Å². The molecule has 0 radical (unpaired) electrons. The number of nitrogens with zero attached hydrogens (tertiary/aromatic N) is 2. The summed E-state index contributed by atoms with van der Waals surface area (Å²) < 4.78 is 34.8. The van der Waals surface area contributed by atoms with Crippen molar-refractivity contribution in [3.05, 3.63) is 87.9 Å². The third-order valence-corrected chi connectivity index (χ3v) is 10.1. The molecule has 236 valence electrons. The molecular weight excluding hydrogens is 621 g/mol. The average Bonchev–Trinajstić information content (AvgIpc) is 3.51. The first-order valence-electron chi connectivity index (χ1n) is 14.9. The predicted octanol–water partition coefficient (Wildman–Crippen LogP) is 6.76. The van der Waals surface area contributed by atoms with Crippen molar-refractivity contribution in [3.8, 4) is 5.75 Å². The lowest BCUT2D eigenvalue weighted by molar-refractivity contribution is -0.140. The highest BCUT2D eigenvalue weighted by molar-refractivity contribution is 7.92. The van der Waals surface area contributed by atoms with Crippen LogP contribution in [0.25, 0.3) is 0 Å². The van der Waals surface area contributed by atoms with E-state index in [1.807, 2.05) is 20.8 Å². The SMILES string of the molecule is CCOc1ccc(S(=O)(=O)N(CC(=O)N(Cc2ccc(Cl)cc2Cl)[C@@H](CC)C(=O)NC2CCCC2)c2ccc(C)cc2)cc1. The van der Waals surface area contributed by atoms with Crippen LogP contribution in [-0.2, 0) is 26.2 Å². The van der Waals surface area contributed by atoms with Crippen LogP contribution in [0, 0.1) is 6.92 Å². The smallest absolute Gasteiger partial charge is 0.264 e. The second-order valence-electron chi connectivity index (χ2n) is 10.9. The van der Waals surface area contributed by atoms with E-state index < -0.39 is 28.5 Å². The number of rotatable bonds is 13. The van der Waals surface area contributed by atoms with Crippen LogP contribution >= 0.6 is 23.2 Å². The number of sulfonamides is 1. The minimum absolute atomic E-state index is 0.00370. The summed E-state index contributed by atoms with van der Waals surface area (Å²) in [6.45, 7) is 5.48. The number of anilines is 1. The quantitative estimate of drug-likeness (QED) is 0.219. The standard InChI is InChI=1S/C33H39Cl2N3O5S/c1-4-31(33(40)36-26-8-6-7-9-26)37(21-24-12-13-25(34)20-30(24)35)32(39)22-38(27-14-10-23(3)11-15-27)44(41,42)29-18-16-28(17-19-29)43-5-2/h10-20,26,31H,4-9,21-22H2,1-3H3,(H,36,40)/t31-/m0/s1. The number of benzene rings is 3. The van der Waals surface area contributed by atoms with Gasteiger partial charge in [0, 0.05) is 22.6 Å². The number of carbonyl (C=O) groups is 2. The van der Waals surface area contributed by atoms with Crippen molar-refractivity contribution >= 4 is 50.7 Å². The highest BCUT2D eigenvalue weighted by Crippen LogP contribution is 2.28. The number of carbonyl (C=O) groups excluding carboxylic acids is 2. The Kier molecular flexibility index (Phi) is 11.6. The van der Waals surface area contributed by atoms with Crippen molar-refractivity contribution in [2.45, 2.75) is 76.4 Å². The molecule has 0 saturated heterocycles. The number of amides is 2. The molecule has 3 aromatic rings. The van der Waals surface area contributed by atoms with Crippen molar-refractivity contribution in [1.29, 1.82) is 0 Å². The summed E-state index contributed by atoms with van der Waals surface area (Å²) in [5.74, 6) is -0.275. The van der Waals surface area contributed by atoms with E-state index in [4.69, 9.17) is 27.9 Å². The normalized spacial score (nSPS) is 14.2. The lowest BCUT2D eigenvalue weighted by Gasteiger charge is -2.34. The van der Waals surface area contributed by atoms with Crippen molar-refractivity contribution in [3.63, 3.8) is 0 Å². The lowest BCUT2D eigenvalue weighted by Crippen LogP contribution is -2.53. The maximum Gasteiger partial charge on any atom is 0.264 e. The van der Waals surface area contributed by atoms with Gasteiger partial charge in [0.2, 0.25) is 11.8 Å². The molecule has 0 heterocycles. The number of halogens is 2. The van der Waals surface area contributed by atoms with Gasteiger partial charge in [-0.15, -0.1) is 0 Å². The predicted molar refractivity (Wildman–Crippen MR) is 175 cm³/mol. The van der Waals surface area contributed by atoms with E-state index in [-0.39, 0.29) is 23.4 Å². The molecule has 2 amide bonds. The van der Waals surface area contributed by atoms with Gasteiger partial charge in [-0.05, 0) is 87.2 Å². The zero-order valence-corrected chi connectivity index (χ0v) is 27.6. The Morgan fingerprint density at radius 2 is 1.64 bits per heavy atom. The van der Waals surface area contributed by atoms with Gasteiger partial charge in [0.15, 0.2) is 0 Å². The largest absolute Gasteiger partial charge is 0.494 e. The zero-order valence-electron chi connectivity index (χ0n) is 25.3. The fraction of sp³-hybridized carbons (Fsp3) is 0.394. The number of ether oxygens (including phenoxy) is 1. The number of hydrogen-bond donors (Lipinski definition) is 1. The fourth-order valence-electron chi connectivity index (χ4n) is 5.36. The second kappa shape index (κ2) is 15.1. The van der Waals surface area contributed by atoms with Crippen molar-refractivity contribution in [2.75, 3.05) is 17.5 Å². The minimum Gasteiger partial charge on any atom is -0.494 e. The Labute approximate surface area is 270 Å². The second-order valence-corrected chi connectivity index (χ2v) is 13.6. The molecule has 1 N–H and O–H groups in total. The lowest BCUT2D eigenvalue weighted by atomic mass is 10.1. The molecule has 0 bridgehead atoms. The molecule has 3 aromatic carbocycles. The number of hydrogen-bond acceptors (Lipinski definition) is 5. The van der Waals surface area contributed by atoms with Crippen molar-refractivity contribution in [1.82, 2.24) is 10.2 Å². The molecule has 44 heavy (non-hydrogen) atoms. The molecule has 0 aliphatic heterocycles. The van der Waals surface area contributed by atoms with Crippen molar-refractivity contribution < 1.29 is 22.7 Å². The monoisotopic (exact) mass is 659 g/mol. The van der Waals surface area contributed by atoms with Crippen LogP contribution in [0.1, 0.15) is 57.1 Å². The molecule has 11 heteroatoms. The van der Waals surface area contributed by atoms with E-state index in [1.54, 1.807) is 54.6 Å². The third-order valence-electron chi connectivity index (χ3n) is 7.77. The summed E-state index contributed by atoms with van der Waals surface area (Å²) in [4.78, 5) is 29.3. The van der Waals surface area contributed by atoms with Gasteiger partial charge in [-0.1, -0.05) is 66.7 Å². The maximum absolute atomic E-state index is 14.3. The van der Waals surface area contributed by atoms with Gasteiger partial charge in [0.1, 0.15) is 18.3 Å². The molecular formula is C33H39Cl2N3O5S. The van der Waals surface area contributed by atoms with Crippen LogP contribution in [0.3, 0.4) is 0 Å². The molecule has 1 saturated carbocycles. The van der Waals surface area contributed by atoms with E-state index in [0.717, 1.165) is 35.6 Å². The Morgan fingerprint density at radius 1 is 0.977 bits per heavy atom. The van der Waals surface area contributed by atoms with E-state index in [1.165, 1.54) is 17.0 Å². The maximum atomic E-state index is 14.3. The Hall–Kier alpha value is -3.27. The molecule has 8 nitrogen and oxygen atoms in total. The molecule has 4 rings (SSSR count). The Bertz CT molecular complexity index is 1540. The van der Waals surface area contributed by atoms with Crippen LogP contribution in [0.4, 0.5) is 5.69 Å². The number of nitrogens with one attached hydrogen (secondary N) is 1. The summed E-state index contributed by atoms with van der Waals surface area (Å²) in [6.07, 6.45) is 4.19. The van der Waals surface area contributed by atoms with Gasteiger partial charge in [-0.2, -0.15) is 0 Å². The van der Waals surface area contributed by atoms with Crippen LogP contribution in [-0.4, -0.2) is 50.4 Å². The highest BCUT2D eigenvalue weighted by atomic mass is 35.5. The topological polar surface area (TPSA) is 96.0 Å². The van der Waals surface area contributed by atoms with Gasteiger partial charge >= 0.3 is 0 Å². The Balaban J connectivity index is 1.72. The zero-order chi connectivity index (χ0) is 31.9. The van der Waals surface area contributed by atoms with E-state index >= 15 is 0 Å². The molecule has 1 atom stereocenters. The summed E-state index contributed by atoms with van der Waals surface area (Å²) in [6, 6.07) is 17.2. The average molecular weight is 661 g/mol. The summed E-state index contributed by atoms with van der Waals surface area (Å²) in [5.41, 5.74) is 1.85. The van der Waals surface area contributed by atoms with Gasteiger partial charge < -0.3 is 15.0 Å². The first-order chi connectivity index (χ1) is 21.0. The van der Waals surface area contributed by atoms with Crippen molar-refractivity contribution in [2.24, 2.45) is 0 Å². The molecule has 1 aliphatic carbocycles.